The van der Waals surface area contributed by atoms with Gasteiger partial charge in [-0.3, -0.25) is 5.10 Å². The molecule has 0 bridgehead atoms. The summed E-state index contributed by atoms with van der Waals surface area (Å²) >= 11 is 0. The van der Waals surface area contributed by atoms with Gasteiger partial charge in [-0.25, -0.2) is 4.39 Å². The monoisotopic (exact) mass is 380 g/mol. The van der Waals surface area contributed by atoms with Crippen LogP contribution in [-0.2, 0) is 0 Å². The van der Waals surface area contributed by atoms with E-state index < -0.39 is 0 Å². The zero-order valence-electron chi connectivity index (χ0n) is 16.3. The van der Waals surface area contributed by atoms with E-state index in [1.807, 2.05) is 6.07 Å². The second-order valence-electron chi connectivity index (χ2n) is 6.95. The molecule has 1 N–H and O–H groups in total. The Kier molecular flexibility index (Phi) is 5.30. The zero-order chi connectivity index (χ0) is 19.5. The van der Waals surface area contributed by atoms with Crippen molar-refractivity contribution in [2.75, 3.05) is 44.7 Å². The minimum atomic E-state index is -0.337. The van der Waals surface area contributed by atoms with Crippen molar-refractivity contribution in [2.45, 2.75) is 6.92 Å². The molecule has 5 nitrogen and oxygen atoms in total. The Hall–Kier alpha value is -2.86. The first kappa shape index (κ1) is 18.5. The number of benzene rings is 2. The lowest BCUT2D eigenvalue weighted by Gasteiger charge is -2.35. The minimum Gasteiger partial charge on any atom is -0.496 e. The van der Waals surface area contributed by atoms with Crippen LogP contribution >= 0.6 is 0 Å². The molecule has 0 aliphatic carbocycles. The molecular formula is C22H25FN4O. The standard InChI is InChI=1S/C22H25FN4O/c1-3-26-11-13-27(14-12-26)17-9-7-16(8-10-17)19-15-20(25-24-19)22-18(23)5-4-6-21(22)28-2/h4-10,15H,3,11-14H2,1-2H3,(H,24,25). The van der Waals surface area contributed by atoms with Gasteiger partial charge in [0.1, 0.15) is 11.6 Å². The number of methoxy groups -OCH3 is 1. The SMILES string of the molecule is CCN1CCN(c2ccc(-c3cc(-c4c(F)cccc4OC)[nH]n3)cc2)CC1. The Morgan fingerprint density at radius 3 is 2.50 bits per heavy atom. The van der Waals surface area contributed by atoms with Crippen molar-refractivity contribution in [1.29, 1.82) is 0 Å². The molecule has 0 spiro atoms. The van der Waals surface area contributed by atoms with Gasteiger partial charge in [-0.05, 0) is 36.9 Å². The first-order valence-corrected chi connectivity index (χ1v) is 9.65. The van der Waals surface area contributed by atoms with Crippen molar-refractivity contribution in [3.63, 3.8) is 0 Å². The first-order valence-electron chi connectivity index (χ1n) is 9.65. The van der Waals surface area contributed by atoms with Gasteiger partial charge >= 0.3 is 0 Å². The third-order valence-electron chi connectivity index (χ3n) is 5.39. The van der Waals surface area contributed by atoms with E-state index in [9.17, 15) is 4.39 Å². The van der Waals surface area contributed by atoms with Crippen LogP contribution < -0.4 is 9.64 Å². The quantitative estimate of drug-likeness (QED) is 0.726. The number of nitrogens with one attached hydrogen (secondary N) is 1. The molecule has 3 aromatic rings. The van der Waals surface area contributed by atoms with Crippen LogP contribution in [0.4, 0.5) is 10.1 Å². The third kappa shape index (κ3) is 3.60. The van der Waals surface area contributed by atoms with E-state index in [2.05, 4.69) is 51.2 Å². The second kappa shape index (κ2) is 8.02. The zero-order valence-corrected chi connectivity index (χ0v) is 16.3. The Bertz CT molecular complexity index is 930. The van der Waals surface area contributed by atoms with Crippen molar-refractivity contribution >= 4 is 5.69 Å². The summed E-state index contributed by atoms with van der Waals surface area (Å²) in [4.78, 5) is 4.88. The molecule has 146 valence electrons. The molecule has 4 rings (SSSR count). The molecule has 0 radical (unpaired) electrons. The van der Waals surface area contributed by atoms with Gasteiger partial charge in [0.25, 0.3) is 0 Å². The Labute approximate surface area is 164 Å². The van der Waals surface area contributed by atoms with Crippen molar-refractivity contribution in [2.24, 2.45) is 0 Å². The summed E-state index contributed by atoms with van der Waals surface area (Å²) in [7, 11) is 1.54. The Morgan fingerprint density at radius 2 is 1.82 bits per heavy atom. The molecule has 0 atom stereocenters. The number of ether oxygens (including phenoxy) is 1. The van der Waals surface area contributed by atoms with Crippen LogP contribution in [0, 0.1) is 5.82 Å². The number of rotatable bonds is 5. The number of halogens is 1. The van der Waals surface area contributed by atoms with Crippen molar-refractivity contribution in [1.82, 2.24) is 15.1 Å². The molecule has 6 heteroatoms. The lowest BCUT2D eigenvalue weighted by atomic mass is 10.1. The summed E-state index contributed by atoms with van der Waals surface area (Å²) in [5.41, 5.74) is 4.00. The Morgan fingerprint density at radius 1 is 1.07 bits per heavy atom. The van der Waals surface area contributed by atoms with E-state index in [0.29, 0.717) is 17.0 Å². The van der Waals surface area contributed by atoms with E-state index in [-0.39, 0.29) is 5.82 Å². The van der Waals surface area contributed by atoms with Crippen LogP contribution in [0.2, 0.25) is 0 Å². The summed E-state index contributed by atoms with van der Waals surface area (Å²) in [6.07, 6.45) is 0. The topological polar surface area (TPSA) is 44.4 Å². The number of hydrogen-bond donors (Lipinski definition) is 1. The molecule has 1 fully saturated rings. The van der Waals surface area contributed by atoms with Gasteiger partial charge < -0.3 is 14.5 Å². The molecule has 28 heavy (non-hydrogen) atoms. The highest BCUT2D eigenvalue weighted by Gasteiger charge is 2.17. The molecule has 2 heterocycles. The van der Waals surface area contributed by atoms with Crippen LogP contribution in [-0.4, -0.2) is 54.9 Å². The summed E-state index contributed by atoms with van der Waals surface area (Å²) in [5.74, 6) is 0.146. The predicted octanol–water partition coefficient (Wildman–Crippen LogP) is 4.03. The lowest BCUT2D eigenvalue weighted by Crippen LogP contribution is -2.46. The number of anilines is 1. The van der Waals surface area contributed by atoms with E-state index in [1.54, 1.807) is 12.1 Å². The number of piperazine rings is 1. The van der Waals surface area contributed by atoms with Crippen LogP contribution in [0.5, 0.6) is 5.75 Å². The molecule has 0 saturated carbocycles. The highest BCUT2D eigenvalue weighted by Crippen LogP contribution is 2.33. The van der Waals surface area contributed by atoms with Crippen molar-refractivity contribution < 1.29 is 9.13 Å². The molecule has 2 aromatic carbocycles. The molecule has 1 aliphatic rings. The summed E-state index contributed by atoms with van der Waals surface area (Å²) < 4.78 is 19.6. The lowest BCUT2D eigenvalue weighted by molar-refractivity contribution is 0.271. The van der Waals surface area contributed by atoms with Gasteiger partial charge in [0.05, 0.1) is 24.1 Å². The largest absolute Gasteiger partial charge is 0.496 e. The molecule has 1 saturated heterocycles. The average molecular weight is 380 g/mol. The molecule has 1 aliphatic heterocycles. The smallest absolute Gasteiger partial charge is 0.136 e. The highest BCUT2D eigenvalue weighted by atomic mass is 19.1. The average Bonchev–Trinajstić information content (AvgIpc) is 3.23. The number of aromatic nitrogens is 2. The number of aromatic amines is 1. The van der Waals surface area contributed by atoms with Crippen LogP contribution in [0.25, 0.3) is 22.5 Å². The van der Waals surface area contributed by atoms with Crippen molar-refractivity contribution in [3.05, 3.63) is 54.3 Å². The van der Waals surface area contributed by atoms with Gasteiger partial charge in [0.2, 0.25) is 0 Å². The van der Waals surface area contributed by atoms with Gasteiger partial charge in [-0.1, -0.05) is 25.1 Å². The maximum atomic E-state index is 14.3. The predicted molar refractivity (Wildman–Crippen MR) is 110 cm³/mol. The first-order chi connectivity index (χ1) is 13.7. The molecule has 0 unspecified atom stereocenters. The van der Waals surface area contributed by atoms with Crippen LogP contribution in [0.3, 0.4) is 0 Å². The highest BCUT2D eigenvalue weighted by molar-refractivity contribution is 5.73. The van der Waals surface area contributed by atoms with Gasteiger partial charge in [-0.2, -0.15) is 5.10 Å². The maximum Gasteiger partial charge on any atom is 0.136 e. The number of likely N-dealkylation sites (N-methyl/N-ethyl adjacent to an activating group) is 1. The summed E-state index contributed by atoms with van der Waals surface area (Å²) in [6.45, 7) is 7.62. The fourth-order valence-corrected chi connectivity index (χ4v) is 3.70. The molecule has 0 amide bonds. The van der Waals surface area contributed by atoms with Crippen LogP contribution in [0.1, 0.15) is 6.92 Å². The van der Waals surface area contributed by atoms with Crippen LogP contribution in [0.15, 0.2) is 48.5 Å². The van der Waals surface area contributed by atoms with E-state index >= 15 is 0 Å². The van der Waals surface area contributed by atoms with E-state index in [0.717, 1.165) is 44.0 Å². The van der Waals surface area contributed by atoms with E-state index in [1.165, 1.54) is 18.9 Å². The Balaban J connectivity index is 1.54. The third-order valence-corrected chi connectivity index (χ3v) is 5.39. The van der Waals surface area contributed by atoms with Crippen molar-refractivity contribution in [3.8, 4) is 28.3 Å². The summed E-state index contributed by atoms with van der Waals surface area (Å²) in [6, 6.07) is 15.1. The number of H-pyrrole nitrogens is 1. The van der Waals surface area contributed by atoms with E-state index in [4.69, 9.17) is 4.74 Å². The van der Waals surface area contributed by atoms with Gasteiger partial charge in [-0.15, -0.1) is 0 Å². The van der Waals surface area contributed by atoms with Gasteiger partial charge in [0.15, 0.2) is 0 Å². The number of nitrogens with zero attached hydrogens (tertiary/aromatic N) is 3. The second-order valence-corrected chi connectivity index (χ2v) is 6.95. The van der Waals surface area contributed by atoms with Gasteiger partial charge in [0, 0.05) is 37.4 Å². The fraction of sp³-hybridized carbons (Fsp3) is 0.318. The number of hydrogen-bond acceptors (Lipinski definition) is 4. The molecular weight excluding hydrogens is 355 g/mol. The normalized spacial score (nSPS) is 15.0. The molecule has 1 aromatic heterocycles. The minimum absolute atomic E-state index is 0.337. The summed E-state index contributed by atoms with van der Waals surface area (Å²) in [5, 5.41) is 7.31. The fourth-order valence-electron chi connectivity index (χ4n) is 3.70. The maximum absolute atomic E-state index is 14.3.